The van der Waals surface area contributed by atoms with Crippen molar-refractivity contribution in [2.24, 2.45) is 5.92 Å². The van der Waals surface area contributed by atoms with Gasteiger partial charge in [-0.2, -0.15) is 0 Å². The lowest BCUT2D eigenvalue weighted by molar-refractivity contribution is -0.117. The van der Waals surface area contributed by atoms with Gasteiger partial charge in [0.05, 0.1) is 17.6 Å². The zero-order valence-corrected chi connectivity index (χ0v) is 9.03. The Kier molecular flexibility index (Phi) is 2.58. The van der Waals surface area contributed by atoms with Crippen LogP contribution < -0.4 is 10.2 Å². The van der Waals surface area contributed by atoms with E-state index >= 15 is 0 Å². The maximum atomic E-state index is 11.6. The first kappa shape index (κ1) is 9.96. The number of amides is 1. The van der Waals surface area contributed by atoms with Crippen LogP contribution in [-0.2, 0) is 4.79 Å². The molecule has 0 atom stereocenters. The molecule has 15 heavy (non-hydrogen) atoms. The third-order valence-corrected chi connectivity index (χ3v) is 2.49. The molecule has 1 aromatic rings. The molecule has 80 valence electrons. The first-order valence-electron chi connectivity index (χ1n) is 5.10. The fraction of sp³-hybridized carbons (Fsp3) is 0.455. The lowest BCUT2D eigenvalue weighted by Crippen LogP contribution is -2.17. The largest absolute Gasteiger partial charge is 0.376 e. The molecule has 1 heterocycles. The van der Waals surface area contributed by atoms with Crippen molar-refractivity contribution in [1.29, 1.82) is 0 Å². The zero-order valence-electron chi connectivity index (χ0n) is 9.03. The van der Waals surface area contributed by atoms with Crippen LogP contribution in [-0.4, -0.2) is 25.0 Å². The number of pyridine rings is 1. The Morgan fingerprint density at radius 2 is 2.27 bits per heavy atom. The predicted molar refractivity (Wildman–Crippen MR) is 59.9 cm³/mol. The van der Waals surface area contributed by atoms with Gasteiger partial charge in [-0.1, -0.05) is 0 Å². The average molecular weight is 205 g/mol. The molecule has 0 radical (unpaired) electrons. The van der Waals surface area contributed by atoms with Crippen LogP contribution in [0.4, 0.5) is 11.4 Å². The van der Waals surface area contributed by atoms with E-state index in [1.54, 1.807) is 12.4 Å². The Morgan fingerprint density at radius 1 is 1.53 bits per heavy atom. The SMILES string of the molecule is CN(C)c1ccncc1NC(=O)C1CC1. The third-order valence-electron chi connectivity index (χ3n) is 2.49. The van der Waals surface area contributed by atoms with Gasteiger partial charge in [0.1, 0.15) is 0 Å². The van der Waals surface area contributed by atoms with Crippen molar-refractivity contribution in [2.75, 3.05) is 24.3 Å². The minimum Gasteiger partial charge on any atom is -0.376 e. The summed E-state index contributed by atoms with van der Waals surface area (Å²) in [6.45, 7) is 0. The highest BCUT2D eigenvalue weighted by Crippen LogP contribution is 2.31. The summed E-state index contributed by atoms with van der Waals surface area (Å²) in [6, 6.07) is 1.89. The number of carbonyl (C=O) groups excluding carboxylic acids is 1. The van der Waals surface area contributed by atoms with Crippen molar-refractivity contribution in [1.82, 2.24) is 4.98 Å². The summed E-state index contributed by atoms with van der Waals surface area (Å²) in [5.74, 6) is 0.339. The van der Waals surface area contributed by atoms with Crippen LogP contribution >= 0.6 is 0 Å². The van der Waals surface area contributed by atoms with Gasteiger partial charge in [0.25, 0.3) is 0 Å². The van der Waals surface area contributed by atoms with E-state index in [0.29, 0.717) is 0 Å². The van der Waals surface area contributed by atoms with Gasteiger partial charge in [0.2, 0.25) is 5.91 Å². The van der Waals surface area contributed by atoms with Gasteiger partial charge < -0.3 is 10.2 Å². The Bertz CT molecular complexity index is 372. The molecule has 0 aliphatic heterocycles. The van der Waals surface area contributed by atoms with E-state index in [2.05, 4.69) is 10.3 Å². The maximum absolute atomic E-state index is 11.6. The first-order chi connectivity index (χ1) is 7.18. The summed E-state index contributed by atoms with van der Waals surface area (Å²) in [5, 5.41) is 2.91. The van der Waals surface area contributed by atoms with Gasteiger partial charge in [0.15, 0.2) is 0 Å². The van der Waals surface area contributed by atoms with Crippen molar-refractivity contribution in [3.05, 3.63) is 18.5 Å². The van der Waals surface area contributed by atoms with Gasteiger partial charge in [-0.15, -0.1) is 0 Å². The molecule has 1 fully saturated rings. The molecule has 4 heteroatoms. The molecule has 1 amide bonds. The molecular weight excluding hydrogens is 190 g/mol. The van der Waals surface area contributed by atoms with E-state index in [0.717, 1.165) is 24.2 Å². The number of nitrogens with one attached hydrogen (secondary N) is 1. The number of anilines is 2. The predicted octanol–water partition coefficient (Wildman–Crippen LogP) is 1.50. The molecule has 2 rings (SSSR count). The highest BCUT2D eigenvalue weighted by atomic mass is 16.2. The summed E-state index contributed by atoms with van der Waals surface area (Å²) in [7, 11) is 3.89. The molecule has 0 unspecified atom stereocenters. The maximum Gasteiger partial charge on any atom is 0.227 e. The number of nitrogens with zero attached hydrogens (tertiary/aromatic N) is 2. The van der Waals surface area contributed by atoms with E-state index in [9.17, 15) is 4.79 Å². The highest BCUT2D eigenvalue weighted by molar-refractivity contribution is 5.96. The lowest BCUT2D eigenvalue weighted by atomic mass is 10.3. The molecule has 1 aliphatic rings. The fourth-order valence-electron chi connectivity index (χ4n) is 1.45. The zero-order chi connectivity index (χ0) is 10.8. The van der Waals surface area contributed by atoms with Crippen molar-refractivity contribution in [2.45, 2.75) is 12.8 Å². The molecule has 0 aromatic carbocycles. The monoisotopic (exact) mass is 205 g/mol. The number of hydrogen-bond acceptors (Lipinski definition) is 3. The quantitative estimate of drug-likeness (QED) is 0.813. The highest BCUT2D eigenvalue weighted by Gasteiger charge is 2.30. The number of rotatable bonds is 3. The minimum absolute atomic E-state index is 0.117. The summed E-state index contributed by atoms with van der Waals surface area (Å²) >= 11 is 0. The van der Waals surface area contributed by atoms with E-state index in [1.807, 2.05) is 25.1 Å². The van der Waals surface area contributed by atoms with Crippen molar-refractivity contribution >= 4 is 17.3 Å². The van der Waals surface area contributed by atoms with Crippen LogP contribution in [0.25, 0.3) is 0 Å². The Labute approximate surface area is 89.3 Å². The Morgan fingerprint density at radius 3 is 2.87 bits per heavy atom. The van der Waals surface area contributed by atoms with Crippen molar-refractivity contribution in [3.63, 3.8) is 0 Å². The second-order valence-electron chi connectivity index (χ2n) is 4.05. The second-order valence-corrected chi connectivity index (χ2v) is 4.05. The number of hydrogen-bond donors (Lipinski definition) is 1. The number of carbonyl (C=O) groups is 1. The van der Waals surface area contributed by atoms with E-state index in [-0.39, 0.29) is 11.8 Å². The summed E-state index contributed by atoms with van der Waals surface area (Å²) in [4.78, 5) is 17.6. The summed E-state index contributed by atoms with van der Waals surface area (Å²) in [6.07, 6.45) is 5.45. The van der Waals surface area contributed by atoms with E-state index in [1.165, 1.54) is 0 Å². The van der Waals surface area contributed by atoms with Crippen molar-refractivity contribution in [3.8, 4) is 0 Å². The Balaban J connectivity index is 2.15. The summed E-state index contributed by atoms with van der Waals surface area (Å²) < 4.78 is 0. The van der Waals surface area contributed by atoms with Crippen LogP contribution in [0.3, 0.4) is 0 Å². The molecule has 1 aromatic heterocycles. The number of aromatic nitrogens is 1. The van der Waals surface area contributed by atoms with Crippen LogP contribution in [0.1, 0.15) is 12.8 Å². The standard InChI is InChI=1S/C11H15N3O/c1-14(2)10-5-6-12-7-9(10)13-11(15)8-3-4-8/h5-8H,3-4H2,1-2H3,(H,13,15). The molecule has 0 saturated heterocycles. The van der Waals surface area contributed by atoms with Crippen LogP contribution in [0.5, 0.6) is 0 Å². The van der Waals surface area contributed by atoms with Crippen molar-refractivity contribution < 1.29 is 4.79 Å². The molecule has 0 bridgehead atoms. The van der Waals surface area contributed by atoms with Crippen LogP contribution in [0.15, 0.2) is 18.5 Å². The van der Waals surface area contributed by atoms with Gasteiger partial charge >= 0.3 is 0 Å². The first-order valence-corrected chi connectivity index (χ1v) is 5.10. The third kappa shape index (κ3) is 2.26. The van der Waals surface area contributed by atoms with Crippen LogP contribution in [0.2, 0.25) is 0 Å². The van der Waals surface area contributed by atoms with E-state index < -0.39 is 0 Å². The molecule has 1 aliphatic carbocycles. The second kappa shape index (κ2) is 3.88. The topological polar surface area (TPSA) is 45.2 Å². The van der Waals surface area contributed by atoms with E-state index in [4.69, 9.17) is 0 Å². The average Bonchev–Trinajstić information content (AvgIpc) is 3.01. The lowest BCUT2D eigenvalue weighted by Gasteiger charge is -2.17. The summed E-state index contributed by atoms with van der Waals surface area (Å²) in [5.41, 5.74) is 1.78. The Hall–Kier alpha value is -1.58. The molecule has 1 N–H and O–H groups in total. The molecule has 1 saturated carbocycles. The van der Waals surface area contributed by atoms with Gasteiger partial charge in [-0.05, 0) is 18.9 Å². The molecular formula is C11H15N3O. The minimum atomic E-state index is 0.117. The van der Waals surface area contributed by atoms with Crippen LogP contribution in [0, 0.1) is 5.92 Å². The fourth-order valence-corrected chi connectivity index (χ4v) is 1.45. The normalized spacial score (nSPS) is 14.8. The molecule has 4 nitrogen and oxygen atoms in total. The van der Waals surface area contributed by atoms with Gasteiger partial charge in [0, 0.05) is 26.2 Å². The van der Waals surface area contributed by atoms with Gasteiger partial charge in [-0.25, -0.2) is 0 Å². The van der Waals surface area contributed by atoms with Gasteiger partial charge in [-0.3, -0.25) is 9.78 Å². The smallest absolute Gasteiger partial charge is 0.227 e. The molecule has 0 spiro atoms.